The van der Waals surface area contributed by atoms with Crippen LogP contribution in [0.15, 0.2) is 115 Å². The van der Waals surface area contributed by atoms with Crippen molar-refractivity contribution in [3.63, 3.8) is 0 Å². The van der Waals surface area contributed by atoms with Crippen molar-refractivity contribution in [1.29, 1.82) is 0 Å². The van der Waals surface area contributed by atoms with Crippen LogP contribution in [0.2, 0.25) is 0 Å². The zero-order chi connectivity index (χ0) is 23.3. The Labute approximate surface area is 196 Å². The summed E-state index contributed by atoms with van der Waals surface area (Å²) in [6.07, 6.45) is -0.0583. The van der Waals surface area contributed by atoms with E-state index in [1.807, 2.05) is 91.0 Å². The van der Waals surface area contributed by atoms with Gasteiger partial charge in [0.05, 0.1) is 0 Å². The Balaban J connectivity index is 1.91. The van der Waals surface area contributed by atoms with Gasteiger partial charge in [-0.25, -0.2) is 0 Å². The molecule has 0 spiro atoms. The van der Waals surface area contributed by atoms with Gasteiger partial charge in [0.2, 0.25) is 0 Å². The number of anilines is 1. The van der Waals surface area contributed by atoms with Crippen molar-refractivity contribution in [2.75, 3.05) is 11.5 Å². The molecule has 4 rings (SSSR count). The third kappa shape index (κ3) is 4.13. The van der Waals surface area contributed by atoms with E-state index in [1.165, 1.54) is 12.1 Å². The average Bonchev–Trinajstić information content (AvgIpc) is 2.86. The Morgan fingerprint density at radius 2 is 1.12 bits per heavy atom. The van der Waals surface area contributed by atoms with Crippen LogP contribution in [-0.2, 0) is 4.79 Å². The summed E-state index contributed by atoms with van der Waals surface area (Å²) in [4.78, 5) is 24.5. The number of amides is 1. The Bertz CT molecular complexity index is 1190. The van der Waals surface area contributed by atoms with Crippen molar-refractivity contribution in [3.05, 3.63) is 125 Å². The van der Waals surface area contributed by atoms with Crippen molar-refractivity contribution >= 4 is 50.4 Å². The van der Waals surface area contributed by atoms with Crippen molar-refractivity contribution in [2.45, 2.75) is 0 Å². The third-order valence-corrected chi connectivity index (χ3v) is 12.8. The first-order chi connectivity index (χ1) is 15.9. The SMILES string of the molecule is O=C(CP(Cl)(c1ccccc1)(c1ccccc1)c1ccccc1)Nc1ccccc1[N+](=O)[O-]. The first kappa shape index (κ1) is 22.7. The van der Waals surface area contributed by atoms with Crippen LogP contribution < -0.4 is 21.2 Å². The molecule has 4 aromatic rings. The van der Waals surface area contributed by atoms with E-state index < -0.39 is 16.8 Å². The average molecular weight is 477 g/mol. The Morgan fingerprint density at radius 3 is 1.55 bits per heavy atom. The minimum atomic E-state index is -3.81. The van der Waals surface area contributed by atoms with Crippen LogP contribution in [-0.4, -0.2) is 17.0 Å². The normalized spacial score (nSPS) is 12.3. The summed E-state index contributed by atoms with van der Waals surface area (Å²) >= 11 is 7.87. The number of benzene rings is 4. The van der Waals surface area contributed by atoms with Gasteiger partial charge in [-0.1, -0.05) is 0 Å². The van der Waals surface area contributed by atoms with E-state index in [1.54, 1.807) is 12.1 Å². The molecule has 0 aliphatic rings. The van der Waals surface area contributed by atoms with Crippen LogP contribution in [0, 0.1) is 10.1 Å². The molecular formula is C26H22ClN2O3P. The molecule has 0 aromatic heterocycles. The number of halogens is 1. The summed E-state index contributed by atoms with van der Waals surface area (Å²) in [5, 5.41) is 16.7. The van der Waals surface area contributed by atoms with Gasteiger partial charge in [-0.15, -0.1) is 0 Å². The van der Waals surface area contributed by atoms with Gasteiger partial charge < -0.3 is 0 Å². The monoisotopic (exact) mass is 476 g/mol. The number of nitrogens with one attached hydrogen (secondary N) is 1. The maximum atomic E-state index is 13.5. The molecule has 0 fully saturated rings. The summed E-state index contributed by atoms with van der Waals surface area (Å²) in [6.45, 7) is 0. The van der Waals surface area contributed by atoms with E-state index in [2.05, 4.69) is 5.32 Å². The van der Waals surface area contributed by atoms with Gasteiger partial charge in [-0.2, -0.15) is 0 Å². The minimum absolute atomic E-state index is 0.0583. The fraction of sp³-hybridized carbons (Fsp3) is 0.0385. The van der Waals surface area contributed by atoms with E-state index >= 15 is 0 Å². The predicted octanol–water partition coefficient (Wildman–Crippen LogP) is 5.22. The van der Waals surface area contributed by atoms with Gasteiger partial charge >= 0.3 is 197 Å². The number of para-hydroxylation sites is 2. The number of hydrogen-bond donors (Lipinski definition) is 1. The number of carbonyl (C=O) groups excluding carboxylic acids is 1. The number of nitrogens with zero attached hydrogens (tertiary/aromatic N) is 1. The van der Waals surface area contributed by atoms with E-state index in [-0.39, 0.29) is 17.5 Å². The topological polar surface area (TPSA) is 72.2 Å². The number of rotatable bonds is 7. The van der Waals surface area contributed by atoms with Crippen LogP contribution in [0.3, 0.4) is 0 Å². The fourth-order valence-electron chi connectivity index (χ4n) is 4.14. The van der Waals surface area contributed by atoms with Crippen molar-refractivity contribution in [3.8, 4) is 0 Å². The standard InChI is InChI=1S/C26H22ClN2O3P/c27-33(21-12-4-1-5-13-21,22-14-6-2-7-15-22,23-16-8-3-9-17-23)20-26(30)28-24-18-10-11-19-25(24)29(31)32/h1-19H,20H2,(H,28,30). The third-order valence-electron chi connectivity index (χ3n) is 5.70. The summed E-state index contributed by atoms with van der Waals surface area (Å²) in [5.41, 5.74) is -0.0247. The van der Waals surface area contributed by atoms with Crippen LogP contribution in [0.1, 0.15) is 0 Å². The van der Waals surface area contributed by atoms with Crippen molar-refractivity contribution < 1.29 is 9.72 Å². The Kier molecular flexibility index (Phi) is 6.28. The Morgan fingerprint density at radius 1 is 0.727 bits per heavy atom. The summed E-state index contributed by atoms with van der Waals surface area (Å²) in [7, 11) is 0. The molecule has 0 unspecified atom stereocenters. The van der Waals surface area contributed by atoms with Gasteiger partial charge in [0.15, 0.2) is 0 Å². The molecule has 166 valence electrons. The van der Waals surface area contributed by atoms with Gasteiger partial charge in [0.25, 0.3) is 0 Å². The molecule has 0 saturated heterocycles. The number of nitro benzene ring substituents is 1. The second-order valence-electron chi connectivity index (χ2n) is 7.67. The molecule has 0 aliphatic heterocycles. The summed E-state index contributed by atoms with van der Waals surface area (Å²) in [5.74, 6) is -4.21. The predicted molar refractivity (Wildman–Crippen MR) is 138 cm³/mol. The molecule has 0 aliphatic carbocycles. The van der Waals surface area contributed by atoms with Gasteiger partial charge in [0.1, 0.15) is 0 Å². The van der Waals surface area contributed by atoms with Crippen LogP contribution in [0.25, 0.3) is 0 Å². The van der Waals surface area contributed by atoms with E-state index in [9.17, 15) is 14.9 Å². The quantitative estimate of drug-likeness (QED) is 0.226. The molecule has 1 N–H and O–H groups in total. The second-order valence-corrected chi connectivity index (χ2v) is 14.1. The number of nitro groups is 1. The summed E-state index contributed by atoms with van der Waals surface area (Å²) < 4.78 is 0. The number of carbonyl (C=O) groups is 1. The Hall–Kier alpha value is -3.53. The molecule has 0 atom stereocenters. The molecular weight excluding hydrogens is 455 g/mol. The van der Waals surface area contributed by atoms with Crippen LogP contribution in [0.5, 0.6) is 0 Å². The molecule has 0 radical (unpaired) electrons. The summed E-state index contributed by atoms with van der Waals surface area (Å²) in [6, 6.07) is 34.9. The van der Waals surface area contributed by atoms with Crippen molar-refractivity contribution in [1.82, 2.24) is 0 Å². The zero-order valence-corrected chi connectivity index (χ0v) is 19.3. The van der Waals surface area contributed by atoms with Crippen molar-refractivity contribution in [2.24, 2.45) is 0 Å². The second kappa shape index (κ2) is 9.14. The molecule has 0 heterocycles. The molecule has 4 aromatic carbocycles. The molecule has 7 heteroatoms. The molecule has 0 saturated carbocycles. The molecule has 33 heavy (non-hydrogen) atoms. The maximum absolute atomic E-state index is 13.5. The molecule has 0 bridgehead atoms. The first-order valence-electron chi connectivity index (χ1n) is 10.4. The molecule has 5 nitrogen and oxygen atoms in total. The zero-order valence-electron chi connectivity index (χ0n) is 17.7. The fourth-order valence-corrected chi connectivity index (χ4v) is 9.92. The number of hydrogen-bond acceptors (Lipinski definition) is 3. The van der Waals surface area contributed by atoms with Gasteiger partial charge in [-0.05, 0) is 0 Å². The first-order valence-corrected chi connectivity index (χ1v) is 13.7. The van der Waals surface area contributed by atoms with Gasteiger partial charge in [0, 0.05) is 0 Å². The van der Waals surface area contributed by atoms with Crippen LogP contribution >= 0.6 is 17.2 Å². The molecule has 1 amide bonds. The van der Waals surface area contributed by atoms with E-state index in [0.717, 1.165) is 15.9 Å². The van der Waals surface area contributed by atoms with Crippen LogP contribution in [0.4, 0.5) is 11.4 Å². The van der Waals surface area contributed by atoms with Gasteiger partial charge in [-0.3, -0.25) is 0 Å². The van der Waals surface area contributed by atoms with E-state index in [4.69, 9.17) is 11.2 Å². The van der Waals surface area contributed by atoms with E-state index in [0.29, 0.717) is 0 Å².